The zero-order valence-corrected chi connectivity index (χ0v) is 11.3. The van der Waals surface area contributed by atoms with Crippen LogP contribution in [0.3, 0.4) is 0 Å². The Morgan fingerprint density at radius 3 is 2.43 bits per heavy atom. The van der Waals surface area contributed by atoms with E-state index >= 15 is 0 Å². The van der Waals surface area contributed by atoms with Gasteiger partial charge in [0.15, 0.2) is 5.75 Å². The van der Waals surface area contributed by atoms with Crippen molar-refractivity contribution >= 4 is 29.2 Å². The molecule has 0 saturated carbocycles. The number of carboxylic acids is 1. The van der Waals surface area contributed by atoms with Crippen LogP contribution >= 0.6 is 11.6 Å². The first kappa shape index (κ1) is 14.7. The molecule has 0 saturated heterocycles. The molecule has 0 spiro atoms. The van der Waals surface area contributed by atoms with Crippen molar-refractivity contribution in [1.82, 2.24) is 0 Å². The molecule has 0 unspecified atom stereocenters. The van der Waals surface area contributed by atoms with Crippen molar-refractivity contribution in [3.63, 3.8) is 0 Å². The Labute approximate surface area is 124 Å². The lowest BCUT2D eigenvalue weighted by Crippen LogP contribution is -2.13. The highest BCUT2D eigenvalue weighted by molar-refractivity contribution is 6.31. The second-order valence-electron chi connectivity index (χ2n) is 4.12. The third kappa shape index (κ3) is 3.06. The molecule has 0 aliphatic carbocycles. The van der Waals surface area contributed by atoms with Crippen molar-refractivity contribution in [3.8, 4) is 11.5 Å². The first-order valence-corrected chi connectivity index (χ1v) is 6.13. The molecule has 2 aromatic rings. The van der Waals surface area contributed by atoms with Crippen LogP contribution in [0.5, 0.6) is 11.5 Å². The molecule has 2 rings (SSSR count). The molecule has 0 aliphatic rings. The highest BCUT2D eigenvalue weighted by Crippen LogP contribution is 2.29. The lowest BCUT2D eigenvalue weighted by atomic mass is 10.1. The second-order valence-corrected chi connectivity index (χ2v) is 4.56. The zero-order chi connectivity index (χ0) is 15.6. The molecule has 0 radical (unpaired) electrons. The van der Waals surface area contributed by atoms with Crippen molar-refractivity contribution in [2.45, 2.75) is 0 Å². The highest BCUT2D eigenvalue weighted by atomic mass is 35.5. The molecule has 1 amide bonds. The Bertz CT molecular complexity index is 729. The maximum absolute atomic E-state index is 12.0. The van der Waals surface area contributed by atoms with Crippen molar-refractivity contribution < 1.29 is 24.9 Å². The van der Waals surface area contributed by atoms with Gasteiger partial charge in [-0.05, 0) is 30.3 Å². The van der Waals surface area contributed by atoms with Crippen LogP contribution in [0.4, 0.5) is 5.69 Å². The summed E-state index contributed by atoms with van der Waals surface area (Å²) in [6.07, 6.45) is 0. The van der Waals surface area contributed by atoms with Gasteiger partial charge in [-0.3, -0.25) is 4.79 Å². The van der Waals surface area contributed by atoms with Gasteiger partial charge in [0.1, 0.15) is 11.3 Å². The number of hydrogen-bond acceptors (Lipinski definition) is 4. The van der Waals surface area contributed by atoms with Gasteiger partial charge in [-0.25, -0.2) is 4.79 Å². The van der Waals surface area contributed by atoms with Gasteiger partial charge in [-0.1, -0.05) is 17.7 Å². The maximum atomic E-state index is 12.0. The number of rotatable bonds is 3. The van der Waals surface area contributed by atoms with Crippen molar-refractivity contribution in [1.29, 1.82) is 0 Å². The summed E-state index contributed by atoms with van der Waals surface area (Å²) in [5.41, 5.74) is -0.523. The second kappa shape index (κ2) is 5.72. The fraction of sp³-hybridized carbons (Fsp3) is 0. The minimum Gasteiger partial charge on any atom is -0.507 e. The van der Waals surface area contributed by atoms with Crippen LogP contribution < -0.4 is 5.32 Å². The maximum Gasteiger partial charge on any atom is 0.339 e. The first-order chi connectivity index (χ1) is 9.90. The summed E-state index contributed by atoms with van der Waals surface area (Å²) in [6, 6.07) is 7.83. The molecule has 2 aromatic carbocycles. The van der Waals surface area contributed by atoms with Crippen LogP contribution in [0.15, 0.2) is 36.4 Å². The minimum atomic E-state index is -1.32. The van der Waals surface area contributed by atoms with Crippen LogP contribution in [-0.2, 0) is 0 Å². The lowest BCUT2D eigenvalue weighted by molar-refractivity contribution is 0.0693. The number of amides is 1. The van der Waals surface area contributed by atoms with Gasteiger partial charge in [0, 0.05) is 5.02 Å². The topological polar surface area (TPSA) is 107 Å². The average molecular weight is 308 g/mol. The SMILES string of the molecule is O=C(Nc1cccc(C(=O)O)c1O)c1cc(Cl)ccc1O. The highest BCUT2D eigenvalue weighted by Gasteiger charge is 2.17. The number of nitrogens with one attached hydrogen (secondary N) is 1. The third-order valence-corrected chi connectivity index (χ3v) is 2.95. The fourth-order valence-corrected chi connectivity index (χ4v) is 1.87. The van der Waals surface area contributed by atoms with Crippen LogP contribution in [0, 0.1) is 0 Å². The van der Waals surface area contributed by atoms with E-state index in [2.05, 4.69) is 5.32 Å². The van der Waals surface area contributed by atoms with Gasteiger partial charge in [0.05, 0.1) is 11.3 Å². The minimum absolute atomic E-state index is 0.0840. The number of phenols is 2. The Balaban J connectivity index is 2.34. The van der Waals surface area contributed by atoms with Crippen LogP contribution in [-0.4, -0.2) is 27.2 Å². The van der Waals surface area contributed by atoms with Gasteiger partial charge < -0.3 is 20.6 Å². The number of carbonyl (C=O) groups is 2. The average Bonchev–Trinajstić information content (AvgIpc) is 2.43. The largest absolute Gasteiger partial charge is 0.507 e. The van der Waals surface area contributed by atoms with Crippen molar-refractivity contribution in [3.05, 3.63) is 52.5 Å². The molecule has 7 heteroatoms. The number of hydrogen-bond donors (Lipinski definition) is 4. The van der Waals surface area contributed by atoms with Crippen LogP contribution in [0.1, 0.15) is 20.7 Å². The van der Waals surface area contributed by atoms with Gasteiger partial charge >= 0.3 is 5.97 Å². The third-order valence-electron chi connectivity index (χ3n) is 2.72. The molecular weight excluding hydrogens is 298 g/mol. The number of benzene rings is 2. The molecule has 6 nitrogen and oxygen atoms in total. The standard InChI is InChI=1S/C14H10ClNO5/c15-7-4-5-11(17)9(6-7)13(19)16-10-3-1-2-8(12(10)18)14(20)21/h1-6,17-18H,(H,16,19)(H,20,21). The number of aromatic carboxylic acids is 1. The summed E-state index contributed by atoms with van der Waals surface area (Å²) in [7, 11) is 0. The smallest absolute Gasteiger partial charge is 0.339 e. The molecular formula is C14H10ClNO5. The van der Waals surface area contributed by atoms with E-state index in [1.165, 1.54) is 36.4 Å². The van der Waals surface area contributed by atoms with Gasteiger partial charge in [0.25, 0.3) is 5.91 Å². The summed E-state index contributed by atoms with van der Waals surface area (Å²) in [6.45, 7) is 0. The quantitative estimate of drug-likeness (QED) is 0.652. The molecule has 0 fully saturated rings. The molecule has 0 atom stereocenters. The number of halogens is 1. The summed E-state index contributed by atoms with van der Waals surface area (Å²) >= 11 is 5.74. The Hall–Kier alpha value is -2.73. The van der Waals surface area contributed by atoms with Gasteiger partial charge in [-0.15, -0.1) is 0 Å². The predicted octanol–water partition coefficient (Wildman–Crippen LogP) is 2.70. The van der Waals surface area contributed by atoms with Crippen LogP contribution in [0.25, 0.3) is 0 Å². The zero-order valence-electron chi connectivity index (χ0n) is 10.5. The van der Waals surface area contributed by atoms with E-state index in [1.807, 2.05) is 0 Å². The monoisotopic (exact) mass is 307 g/mol. The number of aromatic hydroxyl groups is 2. The molecule has 4 N–H and O–H groups in total. The van der Waals surface area contributed by atoms with E-state index in [0.29, 0.717) is 0 Å². The molecule has 0 heterocycles. The van der Waals surface area contributed by atoms with E-state index < -0.39 is 17.6 Å². The van der Waals surface area contributed by atoms with E-state index in [0.717, 1.165) is 0 Å². The summed E-state index contributed by atoms with van der Waals surface area (Å²) in [5.74, 6) is -2.91. The first-order valence-electron chi connectivity index (χ1n) is 5.75. The molecule has 108 valence electrons. The van der Waals surface area contributed by atoms with E-state index in [-0.39, 0.29) is 27.6 Å². The lowest BCUT2D eigenvalue weighted by Gasteiger charge is -2.10. The summed E-state index contributed by atoms with van der Waals surface area (Å²) < 4.78 is 0. The summed E-state index contributed by atoms with van der Waals surface area (Å²) in [4.78, 5) is 22.9. The number of anilines is 1. The number of para-hydroxylation sites is 1. The van der Waals surface area contributed by atoms with E-state index in [9.17, 15) is 19.8 Å². The van der Waals surface area contributed by atoms with E-state index in [4.69, 9.17) is 16.7 Å². The number of carboxylic acid groups (broad SMARTS) is 1. The van der Waals surface area contributed by atoms with Gasteiger partial charge in [-0.2, -0.15) is 0 Å². The van der Waals surface area contributed by atoms with Crippen molar-refractivity contribution in [2.75, 3.05) is 5.32 Å². The molecule has 21 heavy (non-hydrogen) atoms. The van der Waals surface area contributed by atoms with E-state index in [1.54, 1.807) is 0 Å². The van der Waals surface area contributed by atoms with Crippen molar-refractivity contribution in [2.24, 2.45) is 0 Å². The molecule has 0 aromatic heterocycles. The van der Waals surface area contributed by atoms with Gasteiger partial charge in [0.2, 0.25) is 0 Å². The number of carbonyl (C=O) groups excluding carboxylic acids is 1. The molecule has 0 aliphatic heterocycles. The summed E-state index contributed by atoms with van der Waals surface area (Å²) in [5, 5.41) is 30.9. The van der Waals surface area contributed by atoms with Crippen LogP contribution in [0.2, 0.25) is 5.02 Å². The molecule has 0 bridgehead atoms. The Morgan fingerprint density at radius 2 is 1.76 bits per heavy atom. The normalized spacial score (nSPS) is 10.1. The number of phenolic OH excluding ortho intramolecular Hbond substituents is 1. The Kier molecular flexibility index (Phi) is 4.00. The fourth-order valence-electron chi connectivity index (χ4n) is 1.70. The Morgan fingerprint density at radius 1 is 1.05 bits per heavy atom. The predicted molar refractivity (Wildman–Crippen MR) is 76.1 cm³/mol.